The third-order valence-electron chi connectivity index (χ3n) is 7.18. The number of aryl methyl sites for hydroxylation is 1. The van der Waals surface area contributed by atoms with Crippen molar-refractivity contribution in [1.82, 2.24) is 19.4 Å². The van der Waals surface area contributed by atoms with Crippen LogP contribution in [0.2, 0.25) is 0 Å². The Kier molecular flexibility index (Phi) is 9.53. The van der Waals surface area contributed by atoms with Gasteiger partial charge in [-0.2, -0.15) is 0 Å². The van der Waals surface area contributed by atoms with Crippen molar-refractivity contribution in [2.24, 2.45) is 0 Å². The smallest absolute Gasteiger partial charge is 0.205 e. The summed E-state index contributed by atoms with van der Waals surface area (Å²) < 4.78 is 63.0. The number of hydrogen-bond acceptors (Lipinski definition) is 10. The quantitative estimate of drug-likeness (QED) is 0.233. The van der Waals surface area contributed by atoms with Crippen LogP contribution in [0.1, 0.15) is 16.8 Å². The summed E-state index contributed by atoms with van der Waals surface area (Å²) in [6.07, 6.45) is 1.68. The number of imidazole rings is 1. The maximum absolute atomic E-state index is 14.1. The van der Waals surface area contributed by atoms with Crippen molar-refractivity contribution in [3.63, 3.8) is 0 Å². The van der Waals surface area contributed by atoms with Crippen LogP contribution < -0.4 is 14.2 Å². The summed E-state index contributed by atoms with van der Waals surface area (Å²) in [5.74, 6) is 1.59. The number of ether oxygens (including phenoxy) is 4. The lowest BCUT2D eigenvalue weighted by Gasteiger charge is -2.26. The van der Waals surface area contributed by atoms with Crippen LogP contribution in [-0.4, -0.2) is 86.1 Å². The lowest BCUT2D eigenvalue weighted by Crippen LogP contribution is -2.38. The first-order chi connectivity index (χ1) is 20.3. The fourth-order valence-corrected chi connectivity index (χ4v) is 6.79. The van der Waals surface area contributed by atoms with Gasteiger partial charge in [0.05, 0.1) is 65.8 Å². The van der Waals surface area contributed by atoms with Crippen molar-refractivity contribution in [3.8, 4) is 22.9 Å². The molecule has 0 N–H and O–H groups in total. The molecule has 11 nitrogen and oxygen atoms in total. The molecule has 1 saturated heterocycles. The van der Waals surface area contributed by atoms with Gasteiger partial charge in [0.2, 0.25) is 5.16 Å². The molecule has 2 aromatic heterocycles. The van der Waals surface area contributed by atoms with Crippen molar-refractivity contribution in [1.29, 1.82) is 0 Å². The maximum Gasteiger partial charge on any atom is 0.205 e. The number of fused-ring (bicyclic) bond motifs is 1. The fourth-order valence-electron chi connectivity index (χ4n) is 5.01. The van der Waals surface area contributed by atoms with Crippen LogP contribution in [0.4, 0.5) is 0 Å². The summed E-state index contributed by atoms with van der Waals surface area (Å²) >= 11 is -2.62. The van der Waals surface area contributed by atoms with Gasteiger partial charge in [-0.05, 0) is 43.1 Å². The Hall–Kier alpha value is -3.36. The maximum atomic E-state index is 14.1. The molecule has 3 heterocycles. The Balaban J connectivity index is 1.61. The monoisotopic (exact) mass is 613 g/mol. The van der Waals surface area contributed by atoms with E-state index in [-0.39, 0.29) is 21.3 Å². The summed E-state index contributed by atoms with van der Waals surface area (Å²) in [5.41, 5.74) is 3.43. The molecule has 5 rings (SSSR count). The van der Waals surface area contributed by atoms with E-state index in [0.717, 1.165) is 24.2 Å². The van der Waals surface area contributed by atoms with Crippen LogP contribution in [0.5, 0.6) is 17.2 Å². The summed E-state index contributed by atoms with van der Waals surface area (Å²) in [5, 5.41) is 0.162. The average molecular weight is 614 g/mol. The SMILES string of the molecule is COc1cc(S(=O)[O-])c2nc(S(=O)Cc3ncc(C)c(OC)c3C)n(-c3ccccc3OCCN3CCOCC3)c2c1. The zero-order valence-electron chi connectivity index (χ0n) is 24.0. The molecule has 1 aliphatic heterocycles. The van der Waals surface area contributed by atoms with Crippen LogP contribution >= 0.6 is 0 Å². The average Bonchev–Trinajstić information content (AvgIpc) is 3.38. The number of morpholine rings is 1. The number of nitrogens with zero attached hydrogens (tertiary/aromatic N) is 4. The summed E-state index contributed by atoms with van der Waals surface area (Å²) in [7, 11) is 1.31. The lowest BCUT2D eigenvalue weighted by molar-refractivity contribution is 0.0322. The minimum Gasteiger partial charge on any atom is -0.768 e. The molecule has 224 valence electrons. The molecule has 2 atom stereocenters. The van der Waals surface area contributed by atoms with Gasteiger partial charge in [-0.15, -0.1) is 0 Å². The molecular weight excluding hydrogens is 580 g/mol. The van der Waals surface area contributed by atoms with E-state index in [1.54, 1.807) is 23.9 Å². The van der Waals surface area contributed by atoms with Crippen molar-refractivity contribution in [2.75, 3.05) is 53.7 Å². The second-order valence-corrected chi connectivity index (χ2v) is 12.0. The van der Waals surface area contributed by atoms with Gasteiger partial charge < -0.3 is 23.5 Å². The van der Waals surface area contributed by atoms with Gasteiger partial charge in [-0.3, -0.25) is 22.9 Å². The van der Waals surface area contributed by atoms with Gasteiger partial charge in [0.15, 0.2) is 0 Å². The third kappa shape index (κ3) is 6.20. The number of methoxy groups -OCH3 is 2. The van der Waals surface area contributed by atoms with E-state index in [1.807, 2.05) is 38.1 Å². The van der Waals surface area contributed by atoms with Gasteiger partial charge in [0.1, 0.15) is 29.4 Å². The van der Waals surface area contributed by atoms with E-state index in [1.165, 1.54) is 13.2 Å². The second-order valence-electron chi connectivity index (χ2n) is 9.76. The highest BCUT2D eigenvalue weighted by atomic mass is 32.2. The predicted molar refractivity (Wildman–Crippen MR) is 158 cm³/mol. The summed E-state index contributed by atoms with van der Waals surface area (Å²) in [6.45, 7) is 7.97. The molecule has 2 aromatic carbocycles. The number of para-hydroxylation sites is 2. The van der Waals surface area contributed by atoms with Gasteiger partial charge >= 0.3 is 0 Å². The van der Waals surface area contributed by atoms with Crippen LogP contribution in [-0.2, 0) is 32.4 Å². The highest BCUT2D eigenvalue weighted by Gasteiger charge is 2.25. The van der Waals surface area contributed by atoms with E-state index in [0.29, 0.717) is 60.5 Å². The molecule has 0 amide bonds. The minimum absolute atomic E-state index is 0.0405. The van der Waals surface area contributed by atoms with Crippen molar-refractivity contribution in [3.05, 3.63) is 59.4 Å². The third-order valence-corrected chi connectivity index (χ3v) is 9.07. The van der Waals surface area contributed by atoms with E-state index in [2.05, 4.69) is 14.9 Å². The Bertz CT molecular complexity index is 1640. The molecule has 0 spiro atoms. The summed E-state index contributed by atoms with van der Waals surface area (Å²) in [6, 6.07) is 10.4. The standard InChI is InChI=1S/C29H34N4O7S2/c1-19-17-30-22(20(2)28(19)38-4)18-41(34)29-31-27-24(15-21(37-3)16-26(27)42(35)36)33(29)23-7-5-6-8-25(23)40-14-11-32-9-12-39-13-10-32/h5-8,15-17H,9-14,18H2,1-4H3,(H,35,36)/p-1. The molecule has 4 aromatic rings. The predicted octanol–water partition coefficient (Wildman–Crippen LogP) is 3.31. The minimum atomic E-state index is -2.62. The first-order valence-corrected chi connectivity index (χ1v) is 15.8. The van der Waals surface area contributed by atoms with Crippen molar-refractivity contribution >= 4 is 32.9 Å². The molecule has 0 bridgehead atoms. The first kappa shape index (κ1) is 30.1. The number of benzene rings is 2. The molecule has 0 radical (unpaired) electrons. The van der Waals surface area contributed by atoms with Crippen molar-refractivity contribution < 1.29 is 31.9 Å². The van der Waals surface area contributed by atoms with Crippen LogP contribution in [0.3, 0.4) is 0 Å². The molecule has 42 heavy (non-hydrogen) atoms. The molecule has 0 saturated carbocycles. The topological polar surface area (TPSA) is 128 Å². The molecule has 13 heteroatoms. The molecule has 1 fully saturated rings. The zero-order valence-corrected chi connectivity index (χ0v) is 25.6. The molecular formula is C29H33N4O7S2-. The largest absolute Gasteiger partial charge is 0.768 e. The molecule has 2 unspecified atom stereocenters. The normalized spacial score (nSPS) is 15.5. The van der Waals surface area contributed by atoms with Gasteiger partial charge in [0, 0.05) is 43.0 Å². The highest BCUT2D eigenvalue weighted by molar-refractivity contribution is 7.84. The van der Waals surface area contributed by atoms with Gasteiger partial charge in [0.25, 0.3) is 0 Å². The van der Waals surface area contributed by atoms with E-state index < -0.39 is 21.9 Å². The van der Waals surface area contributed by atoms with Crippen molar-refractivity contribution in [2.45, 2.75) is 29.7 Å². The Labute approximate surface area is 249 Å². The van der Waals surface area contributed by atoms with E-state index in [4.69, 9.17) is 18.9 Å². The Morgan fingerprint density at radius 1 is 1.07 bits per heavy atom. The number of aromatic nitrogens is 3. The lowest BCUT2D eigenvalue weighted by atomic mass is 10.1. The van der Waals surface area contributed by atoms with Crippen LogP contribution in [0, 0.1) is 13.8 Å². The zero-order chi connectivity index (χ0) is 29.8. The van der Waals surface area contributed by atoms with Gasteiger partial charge in [-0.1, -0.05) is 12.1 Å². The summed E-state index contributed by atoms with van der Waals surface area (Å²) in [4.78, 5) is 11.4. The highest BCUT2D eigenvalue weighted by Crippen LogP contribution is 2.35. The first-order valence-electron chi connectivity index (χ1n) is 13.4. The second kappa shape index (κ2) is 13.3. The number of hydrogen-bond donors (Lipinski definition) is 0. The van der Waals surface area contributed by atoms with E-state index >= 15 is 0 Å². The van der Waals surface area contributed by atoms with Crippen LogP contribution in [0.25, 0.3) is 16.7 Å². The van der Waals surface area contributed by atoms with Crippen LogP contribution in [0.15, 0.2) is 52.6 Å². The molecule has 1 aliphatic rings. The van der Waals surface area contributed by atoms with Gasteiger partial charge in [-0.25, -0.2) is 4.98 Å². The number of pyridine rings is 1. The molecule has 0 aliphatic carbocycles. The Morgan fingerprint density at radius 3 is 2.55 bits per heavy atom. The Morgan fingerprint density at radius 2 is 1.83 bits per heavy atom. The van der Waals surface area contributed by atoms with E-state index in [9.17, 15) is 13.0 Å². The fraction of sp³-hybridized carbons (Fsp3) is 0.379. The number of rotatable bonds is 11.